The molecule has 0 aromatic heterocycles. The van der Waals surface area contributed by atoms with Gasteiger partial charge in [-0.3, -0.25) is 9.69 Å². The van der Waals surface area contributed by atoms with Crippen LogP contribution in [0, 0.1) is 6.92 Å². The molecule has 1 heterocycles. The third-order valence-corrected chi connectivity index (χ3v) is 5.84. The average molecular weight is 415 g/mol. The van der Waals surface area contributed by atoms with E-state index >= 15 is 0 Å². The summed E-state index contributed by atoms with van der Waals surface area (Å²) < 4.78 is 5.88. The highest BCUT2D eigenvalue weighted by atomic mass is 35.5. The van der Waals surface area contributed by atoms with Crippen LogP contribution >= 0.6 is 11.6 Å². The van der Waals surface area contributed by atoms with Crippen molar-refractivity contribution in [1.82, 2.24) is 10.2 Å². The van der Waals surface area contributed by atoms with E-state index in [1.54, 1.807) is 12.1 Å². The molecule has 2 aromatic rings. The number of ether oxygens (including phenoxy) is 1. The van der Waals surface area contributed by atoms with Crippen molar-refractivity contribution in [1.29, 1.82) is 0 Å². The zero-order valence-electron chi connectivity index (χ0n) is 17.4. The fourth-order valence-electron chi connectivity index (χ4n) is 3.62. The van der Waals surface area contributed by atoms with Crippen LogP contribution in [0.1, 0.15) is 49.3 Å². The first kappa shape index (κ1) is 21.7. The van der Waals surface area contributed by atoms with E-state index in [0.29, 0.717) is 23.7 Å². The van der Waals surface area contributed by atoms with Gasteiger partial charge in [-0.1, -0.05) is 49.2 Å². The third kappa shape index (κ3) is 6.48. The lowest BCUT2D eigenvalue weighted by Crippen LogP contribution is -2.37. The van der Waals surface area contributed by atoms with Gasteiger partial charge in [-0.05, 0) is 74.2 Å². The van der Waals surface area contributed by atoms with Gasteiger partial charge in [0.25, 0.3) is 5.91 Å². The van der Waals surface area contributed by atoms with Crippen molar-refractivity contribution in [2.45, 2.75) is 58.7 Å². The molecule has 1 N–H and O–H groups in total. The number of carbonyl (C=O) groups excluding carboxylic acids is 1. The van der Waals surface area contributed by atoms with E-state index < -0.39 is 6.10 Å². The zero-order valence-corrected chi connectivity index (χ0v) is 18.2. The summed E-state index contributed by atoms with van der Waals surface area (Å²) in [6, 6.07) is 14.0. The molecule has 0 unspecified atom stereocenters. The number of rotatable bonds is 8. The summed E-state index contributed by atoms with van der Waals surface area (Å²) in [4.78, 5) is 15.1. The number of nitrogens with one attached hydrogen (secondary N) is 1. The Morgan fingerprint density at radius 2 is 1.79 bits per heavy atom. The topological polar surface area (TPSA) is 41.6 Å². The first-order valence-corrected chi connectivity index (χ1v) is 10.9. The Bertz CT molecular complexity index is 801. The first-order valence-electron chi connectivity index (χ1n) is 10.6. The van der Waals surface area contributed by atoms with Crippen LogP contribution in [0.4, 0.5) is 0 Å². The fourth-order valence-corrected chi connectivity index (χ4v) is 3.74. The van der Waals surface area contributed by atoms with Crippen LogP contribution in [0.3, 0.4) is 0 Å². The molecule has 1 aliphatic rings. The number of benzene rings is 2. The SMILES string of the molecule is CC[C@H](Oc1ccc(Cl)c(C)c1)C(=O)NCc1ccc(CN2CCCCC2)cc1. The molecule has 0 bridgehead atoms. The van der Waals surface area contributed by atoms with Crippen molar-refractivity contribution in [2.75, 3.05) is 13.1 Å². The maximum Gasteiger partial charge on any atom is 0.261 e. The van der Waals surface area contributed by atoms with Crippen LogP contribution in [0.15, 0.2) is 42.5 Å². The molecule has 156 valence electrons. The van der Waals surface area contributed by atoms with Gasteiger partial charge < -0.3 is 10.1 Å². The first-order chi connectivity index (χ1) is 14.0. The lowest BCUT2D eigenvalue weighted by Gasteiger charge is -2.26. The Hall–Kier alpha value is -2.04. The second-order valence-electron chi connectivity index (χ2n) is 7.80. The van der Waals surface area contributed by atoms with Crippen LogP contribution in [0.2, 0.25) is 5.02 Å². The van der Waals surface area contributed by atoms with Crippen LogP contribution < -0.4 is 10.1 Å². The summed E-state index contributed by atoms with van der Waals surface area (Å²) >= 11 is 6.06. The van der Waals surface area contributed by atoms with Crippen molar-refractivity contribution < 1.29 is 9.53 Å². The van der Waals surface area contributed by atoms with Crippen LogP contribution in [-0.2, 0) is 17.9 Å². The van der Waals surface area contributed by atoms with Gasteiger partial charge in [0.05, 0.1) is 0 Å². The quantitative estimate of drug-likeness (QED) is 0.652. The third-order valence-electron chi connectivity index (χ3n) is 5.42. The number of hydrogen-bond donors (Lipinski definition) is 1. The predicted octanol–water partition coefficient (Wildman–Crippen LogP) is 5.11. The number of aryl methyl sites for hydroxylation is 1. The number of likely N-dealkylation sites (tertiary alicyclic amines) is 1. The summed E-state index contributed by atoms with van der Waals surface area (Å²) in [7, 11) is 0. The molecule has 1 fully saturated rings. The summed E-state index contributed by atoms with van der Waals surface area (Å²) in [6.07, 6.45) is 4.05. The van der Waals surface area contributed by atoms with E-state index in [0.717, 1.165) is 17.7 Å². The second-order valence-corrected chi connectivity index (χ2v) is 8.20. The van der Waals surface area contributed by atoms with E-state index in [4.69, 9.17) is 16.3 Å². The standard InChI is InChI=1S/C24H31ClN2O2/c1-3-23(29-21-11-12-22(25)18(2)15-21)24(28)26-16-19-7-9-20(10-8-19)17-27-13-5-4-6-14-27/h7-12,15,23H,3-6,13-14,16-17H2,1-2H3,(H,26,28)/t23-/m0/s1. The molecule has 0 radical (unpaired) electrons. The van der Waals surface area contributed by atoms with Crippen molar-refractivity contribution in [3.8, 4) is 5.75 Å². The van der Waals surface area contributed by atoms with Gasteiger partial charge in [0.2, 0.25) is 0 Å². The van der Waals surface area contributed by atoms with E-state index in [1.807, 2.05) is 19.9 Å². The number of carbonyl (C=O) groups is 1. The van der Waals surface area contributed by atoms with Crippen molar-refractivity contribution >= 4 is 17.5 Å². The Kier molecular flexibility index (Phi) is 7.96. The summed E-state index contributed by atoms with van der Waals surface area (Å²) in [6.45, 7) is 7.78. The highest BCUT2D eigenvalue weighted by Crippen LogP contribution is 2.22. The second kappa shape index (κ2) is 10.7. The Balaban J connectivity index is 1.49. The molecule has 4 nitrogen and oxygen atoms in total. The van der Waals surface area contributed by atoms with Gasteiger partial charge in [0.1, 0.15) is 5.75 Å². The molecule has 3 rings (SSSR count). The number of nitrogens with zero attached hydrogens (tertiary/aromatic N) is 1. The molecule has 29 heavy (non-hydrogen) atoms. The van der Waals surface area contributed by atoms with E-state index in [-0.39, 0.29) is 5.91 Å². The Labute approximate surface area is 179 Å². The highest BCUT2D eigenvalue weighted by Gasteiger charge is 2.18. The number of halogens is 1. The van der Waals surface area contributed by atoms with Crippen LogP contribution in [-0.4, -0.2) is 30.0 Å². The minimum Gasteiger partial charge on any atom is -0.481 e. The summed E-state index contributed by atoms with van der Waals surface area (Å²) in [5, 5.41) is 3.69. The minimum absolute atomic E-state index is 0.0995. The molecular weight excluding hydrogens is 384 g/mol. The Morgan fingerprint density at radius 3 is 2.45 bits per heavy atom. The number of amides is 1. The minimum atomic E-state index is -0.519. The van der Waals surface area contributed by atoms with E-state index in [9.17, 15) is 4.79 Å². The van der Waals surface area contributed by atoms with Crippen LogP contribution in [0.5, 0.6) is 5.75 Å². The lowest BCUT2D eigenvalue weighted by molar-refractivity contribution is -0.128. The highest BCUT2D eigenvalue weighted by molar-refractivity contribution is 6.31. The van der Waals surface area contributed by atoms with Gasteiger partial charge in [0, 0.05) is 18.1 Å². The predicted molar refractivity (Wildman–Crippen MR) is 118 cm³/mol. The largest absolute Gasteiger partial charge is 0.481 e. The monoisotopic (exact) mass is 414 g/mol. The smallest absolute Gasteiger partial charge is 0.261 e. The maximum absolute atomic E-state index is 12.6. The normalized spacial score (nSPS) is 15.7. The summed E-state index contributed by atoms with van der Waals surface area (Å²) in [5.74, 6) is 0.563. The molecule has 1 atom stereocenters. The molecule has 1 saturated heterocycles. The van der Waals surface area contributed by atoms with Crippen molar-refractivity contribution in [3.63, 3.8) is 0 Å². The van der Waals surface area contributed by atoms with E-state index in [1.165, 1.54) is 37.9 Å². The van der Waals surface area contributed by atoms with Crippen molar-refractivity contribution in [2.24, 2.45) is 0 Å². The number of hydrogen-bond acceptors (Lipinski definition) is 3. The molecule has 1 aliphatic heterocycles. The molecule has 2 aromatic carbocycles. The van der Waals surface area contributed by atoms with Gasteiger partial charge >= 0.3 is 0 Å². The van der Waals surface area contributed by atoms with Crippen LogP contribution in [0.25, 0.3) is 0 Å². The average Bonchev–Trinajstić information content (AvgIpc) is 2.74. The molecular formula is C24H31ClN2O2. The zero-order chi connectivity index (χ0) is 20.6. The lowest BCUT2D eigenvalue weighted by atomic mass is 10.1. The summed E-state index contributed by atoms with van der Waals surface area (Å²) in [5.41, 5.74) is 3.36. The van der Waals surface area contributed by atoms with Gasteiger partial charge in [0.15, 0.2) is 6.10 Å². The maximum atomic E-state index is 12.6. The molecule has 0 spiro atoms. The molecule has 0 aliphatic carbocycles. The fraction of sp³-hybridized carbons (Fsp3) is 0.458. The Morgan fingerprint density at radius 1 is 1.10 bits per heavy atom. The van der Waals surface area contributed by atoms with Gasteiger partial charge in [-0.2, -0.15) is 0 Å². The molecule has 0 saturated carbocycles. The molecule has 5 heteroatoms. The van der Waals surface area contributed by atoms with Gasteiger partial charge in [-0.15, -0.1) is 0 Å². The van der Waals surface area contributed by atoms with Gasteiger partial charge in [-0.25, -0.2) is 0 Å². The van der Waals surface area contributed by atoms with E-state index in [2.05, 4.69) is 34.5 Å². The number of piperidine rings is 1. The van der Waals surface area contributed by atoms with Crippen molar-refractivity contribution in [3.05, 3.63) is 64.2 Å². The molecule has 1 amide bonds.